The third-order valence-corrected chi connectivity index (χ3v) is 8.00. The molecule has 156 valence electrons. The van der Waals surface area contributed by atoms with E-state index >= 15 is 0 Å². The van der Waals surface area contributed by atoms with Crippen LogP contribution in [0.25, 0.3) is 0 Å². The zero-order chi connectivity index (χ0) is 19.0. The van der Waals surface area contributed by atoms with E-state index in [4.69, 9.17) is 9.73 Å². The van der Waals surface area contributed by atoms with Crippen LogP contribution in [0, 0.1) is 5.92 Å². The molecule has 1 N–H and O–H groups in total. The summed E-state index contributed by atoms with van der Waals surface area (Å²) in [5.74, 6) is 3.16. The first-order chi connectivity index (χ1) is 13.2. The van der Waals surface area contributed by atoms with Crippen LogP contribution >= 0.6 is 11.8 Å². The van der Waals surface area contributed by atoms with Crippen LogP contribution in [0.4, 0.5) is 0 Å². The first kappa shape index (κ1) is 21.3. The van der Waals surface area contributed by atoms with Crippen molar-refractivity contribution in [3.8, 4) is 0 Å². The maximum absolute atomic E-state index is 5.21. The summed E-state index contributed by atoms with van der Waals surface area (Å²) in [6.07, 6.45) is 9.59. The van der Waals surface area contributed by atoms with Gasteiger partial charge in [-0.1, -0.05) is 19.3 Å². The van der Waals surface area contributed by atoms with Gasteiger partial charge in [0.2, 0.25) is 0 Å². The van der Waals surface area contributed by atoms with Crippen molar-refractivity contribution < 1.29 is 4.74 Å². The summed E-state index contributed by atoms with van der Waals surface area (Å²) in [5.41, 5.74) is 0. The second kappa shape index (κ2) is 10.9. The molecule has 5 nitrogen and oxygen atoms in total. The van der Waals surface area contributed by atoms with Gasteiger partial charge in [0.15, 0.2) is 5.96 Å². The molecule has 0 amide bonds. The molecule has 0 aromatic heterocycles. The summed E-state index contributed by atoms with van der Waals surface area (Å²) in [4.78, 5) is 10.2. The van der Waals surface area contributed by atoms with Crippen LogP contribution in [0.3, 0.4) is 0 Å². The predicted octanol–water partition coefficient (Wildman–Crippen LogP) is 3.06. The van der Waals surface area contributed by atoms with Crippen LogP contribution < -0.4 is 5.32 Å². The first-order valence-electron chi connectivity index (χ1n) is 11.1. The van der Waals surface area contributed by atoms with Gasteiger partial charge < -0.3 is 19.9 Å². The van der Waals surface area contributed by atoms with Gasteiger partial charge in [-0.3, -0.25) is 4.99 Å². The van der Waals surface area contributed by atoms with Crippen LogP contribution in [0.2, 0.25) is 0 Å². The summed E-state index contributed by atoms with van der Waals surface area (Å²) in [6, 6.07) is 0. The van der Waals surface area contributed by atoms with Crippen molar-refractivity contribution in [2.45, 2.75) is 56.6 Å². The van der Waals surface area contributed by atoms with Crippen LogP contribution in [0.1, 0.15) is 51.9 Å². The molecule has 2 saturated heterocycles. The van der Waals surface area contributed by atoms with Crippen molar-refractivity contribution in [2.75, 3.05) is 65.3 Å². The average molecular weight is 397 g/mol. The summed E-state index contributed by atoms with van der Waals surface area (Å²) < 4.78 is 5.71. The van der Waals surface area contributed by atoms with E-state index in [-0.39, 0.29) is 0 Å². The number of hydrogen-bond acceptors (Lipinski definition) is 4. The number of piperidine rings is 1. The van der Waals surface area contributed by atoms with Gasteiger partial charge >= 0.3 is 0 Å². The molecule has 1 spiro atoms. The minimum absolute atomic E-state index is 0.499. The van der Waals surface area contributed by atoms with Gasteiger partial charge in [-0.05, 0) is 51.6 Å². The average Bonchev–Trinajstić information content (AvgIpc) is 2.71. The number of guanidine groups is 1. The largest absolute Gasteiger partial charge is 0.383 e. The molecule has 0 radical (unpaired) electrons. The molecule has 0 bridgehead atoms. The molecule has 0 aromatic rings. The Morgan fingerprint density at radius 2 is 1.96 bits per heavy atom. The number of thioether (sulfide) groups is 1. The molecule has 3 fully saturated rings. The van der Waals surface area contributed by atoms with Gasteiger partial charge in [0.05, 0.1) is 6.61 Å². The van der Waals surface area contributed by atoms with Crippen molar-refractivity contribution >= 4 is 17.7 Å². The van der Waals surface area contributed by atoms with E-state index in [1.54, 1.807) is 7.11 Å². The Kier molecular flexibility index (Phi) is 8.59. The van der Waals surface area contributed by atoms with Gasteiger partial charge in [0.1, 0.15) is 0 Å². The molecule has 1 saturated carbocycles. The zero-order valence-electron chi connectivity index (χ0n) is 17.5. The Bertz CT molecular complexity index is 454. The number of nitrogens with zero attached hydrogens (tertiary/aromatic N) is 3. The first-order valence-corrected chi connectivity index (χ1v) is 12.1. The highest BCUT2D eigenvalue weighted by Crippen LogP contribution is 2.42. The summed E-state index contributed by atoms with van der Waals surface area (Å²) in [7, 11) is 1.79. The maximum Gasteiger partial charge on any atom is 0.193 e. The monoisotopic (exact) mass is 396 g/mol. The SMILES string of the molecule is CCNC(=NCC1CCN(CCOC)CC1)N1CCSC2(CCCCC2)C1. The predicted molar refractivity (Wildman–Crippen MR) is 117 cm³/mol. The third kappa shape index (κ3) is 6.26. The highest BCUT2D eigenvalue weighted by molar-refractivity contribution is 8.00. The van der Waals surface area contributed by atoms with Crippen molar-refractivity contribution in [3.05, 3.63) is 0 Å². The number of likely N-dealkylation sites (tertiary alicyclic amines) is 1. The topological polar surface area (TPSA) is 40.1 Å². The molecule has 0 atom stereocenters. The Hall–Kier alpha value is -0.460. The fourth-order valence-electron chi connectivity index (χ4n) is 4.78. The quantitative estimate of drug-likeness (QED) is 0.552. The number of nitrogens with one attached hydrogen (secondary N) is 1. The second-order valence-corrected chi connectivity index (χ2v) is 10.0. The van der Waals surface area contributed by atoms with Gasteiger partial charge in [-0.15, -0.1) is 0 Å². The van der Waals surface area contributed by atoms with Crippen LogP contribution in [-0.4, -0.2) is 85.8 Å². The van der Waals surface area contributed by atoms with Gasteiger partial charge in [-0.2, -0.15) is 11.8 Å². The molecule has 6 heteroatoms. The lowest BCUT2D eigenvalue weighted by molar-refractivity contribution is 0.121. The highest BCUT2D eigenvalue weighted by atomic mass is 32.2. The summed E-state index contributed by atoms with van der Waals surface area (Å²) in [5, 5.41) is 3.59. The molecule has 2 aliphatic heterocycles. The van der Waals surface area contributed by atoms with E-state index in [1.807, 2.05) is 0 Å². The number of hydrogen-bond donors (Lipinski definition) is 1. The molecule has 0 unspecified atom stereocenters. The van der Waals surface area contributed by atoms with Crippen LogP contribution in [0.5, 0.6) is 0 Å². The lowest BCUT2D eigenvalue weighted by Gasteiger charge is -2.45. The third-order valence-electron chi connectivity index (χ3n) is 6.47. The minimum Gasteiger partial charge on any atom is -0.383 e. The van der Waals surface area contributed by atoms with Crippen molar-refractivity contribution in [1.29, 1.82) is 0 Å². The second-order valence-electron chi connectivity index (χ2n) is 8.49. The van der Waals surface area contributed by atoms with Crippen molar-refractivity contribution in [3.63, 3.8) is 0 Å². The summed E-state index contributed by atoms with van der Waals surface area (Å²) in [6.45, 7) is 10.8. The van der Waals surface area contributed by atoms with Crippen molar-refractivity contribution in [1.82, 2.24) is 15.1 Å². The fraction of sp³-hybridized carbons (Fsp3) is 0.952. The maximum atomic E-state index is 5.21. The normalized spacial score (nSPS) is 25.1. The molecule has 2 heterocycles. The van der Waals surface area contributed by atoms with Gasteiger partial charge in [0.25, 0.3) is 0 Å². The highest BCUT2D eigenvalue weighted by Gasteiger charge is 2.38. The molecule has 1 aliphatic carbocycles. The Morgan fingerprint density at radius 1 is 1.19 bits per heavy atom. The molecule has 3 aliphatic rings. The van der Waals surface area contributed by atoms with Gasteiger partial charge in [-0.25, -0.2) is 0 Å². The van der Waals surface area contributed by atoms with Crippen LogP contribution in [-0.2, 0) is 4.74 Å². The number of rotatable bonds is 6. The lowest BCUT2D eigenvalue weighted by Crippen LogP contribution is -2.53. The van der Waals surface area contributed by atoms with E-state index in [2.05, 4.69) is 33.8 Å². The number of ether oxygens (including phenoxy) is 1. The Labute approximate surface area is 170 Å². The zero-order valence-corrected chi connectivity index (χ0v) is 18.4. The van der Waals surface area contributed by atoms with Crippen LogP contribution in [0.15, 0.2) is 4.99 Å². The van der Waals surface area contributed by atoms with E-state index < -0.39 is 0 Å². The van der Waals surface area contributed by atoms with E-state index in [1.165, 1.54) is 76.3 Å². The Morgan fingerprint density at radius 3 is 2.67 bits per heavy atom. The molecular weight excluding hydrogens is 356 g/mol. The number of methoxy groups -OCH3 is 1. The van der Waals surface area contributed by atoms with E-state index in [0.29, 0.717) is 4.75 Å². The lowest BCUT2D eigenvalue weighted by atomic mass is 9.87. The molecule has 27 heavy (non-hydrogen) atoms. The molecular formula is C21H40N4OS. The standard InChI is InChI=1S/C21H40N4OS/c1-3-22-20(23-17-19-7-11-24(12-8-19)13-15-26-2)25-14-16-27-21(18-25)9-5-4-6-10-21/h19H,3-18H2,1-2H3,(H,22,23). The van der Waals surface area contributed by atoms with E-state index in [0.717, 1.165) is 38.7 Å². The summed E-state index contributed by atoms with van der Waals surface area (Å²) >= 11 is 2.24. The molecule has 3 rings (SSSR count). The molecule has 0 aromatic carbocycles. The number of aliphatic imine (C=N–C) groups is 1. The smallest absolute Gasteiger partial charge is 0.193 e. The van der Waals surface area contributed by atoms with Gasteiger partial charge in [0, 0.05) is 50.3 Å². The fourth-order valence-corrected chi connectivity index (χ4v) is 6.35. The van der Waals surface area contributed by atoms with E-state index in [9.17, 15) is 0 Å². The Balaban J connectivity index is 1.52. The van der Waals surface area contributed by atoms with Crippen molar-refractivity contribution in [2.24, 2.45) is 10.9 Å². The minimum atomic E-state index is 0.499.